The van der Waals surface area contributed by atoms with E-state index in [-0.39, 0.29) is 28.0 Å². The van der Waals surface area contributed by atoms with E-state index < -0.39 is 31.9 Å². The van der Waals surface area contributed by atoms with Crippen LogP contribution in [-0.4, -0.2) is 46.1 Å². The Kier molecular flexibility index (Phi) is 6.03. The second kappa shape index (κ2) is 7.99. The van der Waals surface area contributed by atoms with Crippen LogP contribution in [0.15, 0.2) is 43.8 Å². The van der Waals surface area contributed by atoms with Crippen LogP contribution >= 0.6 is 0 Å². The number of hydrogen-bond donors (Lipinski definition) is 0. The molecule has 3 aromatic rings. The number of benzene rings is 1. The molecule has 0 spiro atoms. The normalized spacial score (nSPS) is 15.2. The second-order valence-corrected chi connectivity index (χ2v) is 12.8. The standard InChI is InChI=1S/C21H28N4O4S2/c1-21(2,3)13-24-17-16(18(26)23(4)20(24)27)19(30(5)28)25(22-17)12-14-8-10-15(11-9-14)31(6,7)29/h8-11H,6,12-13H2,1-5,7H3. The van der Waals surface area contributed by atoms with Gasteiger partial charge in [0, 0.05) is 35.9 Å². The van der Waals surface area contributed by atoms with Gasteiger partial charge in [-0.05, 0) is 38.5 Å². The Balaban J connectivity index is 2.24. The fraction of sp³-hybridized carbons (Fsp3) is 0.429. The molecular formula is C21H28N4O4S2. The molecule has 3 rings (SSSR count). The highest BCUT2D eigenvalue weighted by Crippen LogP contribution is 2.23. The van der Waals surface area contributed by atoms with Gasteiger partial charge in [0.05, 0.1) is 6.54 Å². The van der Waals surface area contributed by atoms with Gasteiger partial charge >= 0.3 is 5.69 Å². The average Bonchev–Trinajstić information content (AvgIpc) is 3.01. The van der Waals surface area contributed by atoms with E-state index in [1.165, 1.54) is 22.6 Å². The number of rotatable bonds is 5. The van der Waals surface area contributed by atoms with Crippen LogP contribution in [0, 0.1) is 5.41 Å². The minimum absolute atomic E-state index is 0.193. The SMILES string of the molecule is C=S(C)(=O)c1ccc(Cn2nc3c(c2[S+](C)[O-])c(=O)n(C)c(=O)n3CC(C)(C)C)cc1. The smallest absolute Gasteiger partial charge is 0.332 e. The molecule has 31 heavy (non-hydrogen) atoms. The van der Waals surface area contributed by atoms with Gasteiger partial charge in [0.2, 0.25) is 0 Å². The molecule has 0 amide bonds. The predicted molar refractivity (Wildman–Crippen MR) is 126 cm³/mol. The maximum absolute atomic E-state index is 12.9. The molecule has 0 bridgehead atoms. The summed E-state index contributed by atoms with van der Waals surface area (Å²) in [6.45, 7) is 6.57. The molecule has 2 aromatic heterocycles. The quantitative estimate of drug-likeness (QED) is 0.420. The largest absolute Gasteiger partial charge is 0.610 e. The van der Waals surface area contributed by atoms with Crippen molar-refractivity contribution in [3.63, 3.8) is 0 Å². The molecule has 10 heteroatoms. The summed E-state index contributed by atoms with van der Waals surface area (Å²) in [6.07, 6.45) is 3.06. The summed E-state index contributed by atoms with van der Waals surface area (Å²) in [5.74, 6) is 3.69. The lowest BCUT2D eigenvalue weighted by atomic mass is 9.97. The highest BCUT2D eigenvalue weighted by molar-refractivity contribution is 7.99. The second-order valence-electron chi connectivity index (χ2n) is 9.06. The van der Waals surface area contributed by atoms with E-state index in [9.17, 15) is 18.4 Å². The molecule has 0 aliphatic carbocycles. The van der Waals surface area contributed by atoms with Gasteiger partial charge in [0.25, 0.3) is 10.6 Å². The first-order valence-corrected chi connectivity index (χ1v) is 13.3. The summed E-state index contributed by atoms with van der Waals surface area (Å²) < 4.78 is 28.8. The summed E-state index contributed by atoms with van der Waals surface area (Å²) in [4.78, 5) is 26.4. The van der Waals surface area contributed by atoms with Crippen molar-refractivity contribution in [2.45, 2.75) is 43.8 Å². The summed E-state index contributed by atoms with van der Waals surface area (Å²) in [5.41, 5.74) is -0.142. The van der Waals surface area contributed by atoms with Crippen LogP contribution in [0.25, 0.3) is 11.0 Å². The Hall–Kier alpha value is -2.30. The Bertz CT molecular complexity index is 1360. The van der Waals surface area contributed by atoms with Crippen LogP contribution in [0.5, 0.6) is 0 Å². The van der Waals surface area contributed by atoms with Gasteiger partial charge in [0.15, 0.2) is 11.0 Å². The maximum Gasteiger partial charge on any atom is 0.332 e. The topological polar surface area (TPSA) is 102 Å². The summed E-state index contributed by atoms with van der Waals surface area (Å²) >= 11 is -1.52. The van der Waals surface area contributed by atoms with Gasteiger partial charge in [0.1, 0.15) is 6.26 Å². The molecule has 0 radical (unpaired) electrons. The number of hydrogen-bond acceptors (Lipinski definition) is 5. The molecule has 0 fully saturated rings. The van der Waals surface area contributed by atoms with Crippen LogP contribution < -0.4 is 11.2 Å². The third kappa shape index (κ3) is 4.65. The molecule has 2 atom stereocenters. The fourth-order valence-electron chi connectivity index (χ4n) is 3.41. The zero-order chi connectivity index (χ0) is 23.3. The van der Waals surface area contributed by atoms with Crippen molar-refractivity contribution < 1.29 is 8.76 Å². The van der Waals surface area contributed by atoms with Crippen molar-refractivity contribution in [2.24, 2.45) is 12.5 Å². The van der Waals surface area contributed by atoms with Crippen molar-refractivity contribution >= 4 is 37.6 Å². The monoisotopic (exact) mass is 464 g/mol. The molecule has 2 unspecified atom stereocenters. The molecule has 0 aliphatic rings. The minimum atomic E-state index is -2.33. The highest BCUT2D eigenvalue weighted by atomic mass is 32.2. The van der Waals surface area contributed by atoms with Crippen molar-refractivity contribution in [2.75, 3.05) is 12.5 Å². The molecule has 1 aromatic carbocycles. The lowest BCUT2D eigenvalue weighted by Gasteiger charge is -2.20. The van der Waals surface area contributed by atoms with Crippen LogP contribution in [0.2, 0.25) is 0 Å². The number of nitrogens with zero attached hydrogens (tertiary/aromatic N) is 4. The number of aromatic nitrogens is 4. The van der Waals surface area contributed by atoms with Crippen molar-refractivity contribution in [1.29, 1.82) is 0 Å². The van der Waals surface area contributed by atoms with E-state index in [4.69, 9.17) is 0 Å². The zero-order valence-electron chi connectivity index (χ0n) is 18.7. The summed E-state index contributed by atoms with van der Waals surface area (Å²) in [6, 6.07) is 7.09. The molecule has 2 heterocycles. The van der Waals surface area contributed by atoms with E-state index in [1.807, 2.05) is 20.8 Å². The van der Waals surface area contributed by atoms with Gasteiger partial charge in [-0.25, -0.2) is 9.48 Å². The Morgan fingerprint density at radius 1 is 1.19 bits per heavy atom. The van der Waals surface area contributed by atoms with Crippen LogP contribution in [0.3, 0.4) is 0 Å². The molecule has 0 saturated carbocycles. The molecule has 0 aliphatic heterocycles. The van der Waals surface area contributed by atoms with Crippen molar-refractivity contribution in [1.82, 2.24) is 18.9 Å². The average molecular weight is 465 g/mol. The zero-order valence-corrected chi connectivity index (χ0v) is 20.3. The van der Waals surface area contributed by atoms with Crippen LogP contribution in [0.4, 0.5) is 0 Å². The van der Waals surface area contributed by atoms with Gasteiger partial charge in [-0.15, -0.1) is 5.10 Å². The molecular weight excluding hydrogens is 436 g/mol. The predicted octanol–water partition coefficient (Wildman–Crippen LogP) is 1.43. The van der Waals surface area contributed by atoms with E-state index in [0.717, 1.165) is 10.1 Å². The first kappa shape index (κ1) is 23.4. The van der Waals surface area contributed by atoms with Crippen molar-refractivity contribution in [3.05, 3.63) is 50.7 Å². The summed E-state index contributed by atoms with van der Waals surface area (Å²) in [5, 5.41) is 5.02. The van der Waals surface area contributed by atoms with E-state index in [2.05, 4.69) is 11.0 Å². The van der Waals surface area contributed by atoms with Crippen LogP contribution in [-0.2, 0) is 40.8 Å². The first-order valence-electron chi connectivity index (χ1n) is 9.65. The van der Waals surface area contributed by atoms with E-state index in [1.54, 1.807) is 30.5 Å². The fourth-order valence-corrected chi connectivity index (χ4v) is 4.99. The highest BCUT2D eigenvalue weighted by Gasteiger charge is 2.28. The minimum Gasteiger partial charge on any atom is -0.610 e. The molecule has 168 valence electrons. The Labute approximate surface area is 184 Å². The van der Waals surface area contributed by atoms with Gasteiger partial charge < -0.3 is 4.55 Å². The maximum atomic E-state index is 12.9. The van der Waals surface area contributed by atoms with E-state index >= 15 is 0 Å². The van der Waals surface area contributed by atoms with Crippen molar-refractivity contribution in [3.8, 4) is 0 Å². The molecule has 0 saturated heterocycles. The van der Waals surface area contributed by atoms with Gasteiger partial charge in [-0.1, -0.05) is 32.9 Å². The first-order chi connectivity index (χ1) is 14.2. The van der Waals surface area contributed by atoms with Gasteiger partial charge in [-0.2, -0.15) is 0 Å². The Morgan fingerprint density at radius 3 is 2.26 bits per heavy atom. The molecule has 8 nitrogen and oxygen atoms in total. The number of fused-ring (bicyclic) bond motifs is 1. The van der Waals surface area contributed by atoms with Crippen LogP contribution in [0.1, 0.15) is 26.3 Å². The third-order valence-electron chi connectivity index (χ3n) is 4.84. The molecule has 0 N–H and O–H groups in total. The lowest BCUT2D eigenvalue weighted by molar-refractivity contribution is 0.337. The van der Waals surface area contributed by atoms with Gasteiger partial charge in [-0.3, -0.25) is 18.1 Å². The Morgan fingerprint density at radius 2 is 1.77 bits per heavy atom. The lowest BCUT2D eigenvalue weighted by Crippen LogP contribution is -2.40. The summed E-state index contributed by atoms with van der Waals surface area (Å²) in [7, 11) is -0.907. The third-order valence-corrected chi connectivity index (χ3v) is 7.07. The van der Waals surface area contributed by atoms with E-state index in [0.29, 0.717) is 11.4 Å².